The van der Waals surface area contributed by atoms with E-state index in [1.54, 1.807) is 28.1 Å². The first-order valence-electron chi connectivity index (χ1n) is 8.74. The van der Waals surface area contributed by atoms with E-state index in [1.165, 1.54) is 16.9 Å². The second-order valence-electron chi connectivity index (χ2n) is 6.23. The molecule has 0 N–H and O–H groups in total. The van der Waals surface area contributed by atoms with E-state index in [-0.39, 0.29) is 5.91 Å². The van der Waals surface area contributed by atoms with Crippen LogP contribution in [-0.4, -0.2) is 25.4 Å². The topological polar surface area (TPSA) is 63.9 Å². The lowest BCUT2D eigenvalue weighted by molar-refractivity contribution is 0.0972. The second kappa shape index (κ2) is 7.28. The van der Waals surface area contributed by atoms with Gasteiger partial charge in [0.2, 0.25) is 0 Å². The molecule has 0 bridgehead atoms. The van der Waals surface area contributed by atoms with Crippen LogP contribution >= 0.6 is 11.3 Å². The highest BCUT2D eigenvalue weighted by molar-refractivity contribution is 7.22. The van der Waals surface area contributed by atoms with Crippen LogP contribution in [0, 0.1) is 0 Å². The van der Waals surface area contributed by atoms with Gasteiger partial charge in [0.15, 0.2) is 11.0 Å². The number of hydrogen-bond donors (Lipinski definition) is 0. The first-order chi connectivity index (χ1) is 13.2. The fraction of sp³-hybridized carbons (Fsp3) is 0.200. The highest BCUT2D eigenvalue weighted by Crippen LogP contribution is 2.31. The van der Waals surface area contributed by atoms with Crippen LogP contribution in [0.2, 0.25) is 0 Å². The van der Waals surface area contributed by atoms with E-state index in [0.29, 0.717) is 17.5 Å². The summed E-state index contributed by atoms with van der Waals surface area (Å²) in [5.41, 5.74) is 2.95. The van der Waals surface area contributed by atoms with E-state index in [9.17, 15) is 4.79 Å². The molecule has 4 aromatic rings. The summed E-state index contributed by atoms with van der Waals surface area (Å²) in [6.07, 6.45) is 6.08. The summed E-state index contributed by atoms with van der Waals surface area (Å²) in [5, 5.41) is 0.650. The zero-order chi connectivity index (χ0) is 18.8. The predicted octanol–water partition coefficient (Wildman–Crippen LogP) is 3.83. The van der Waals surface area contributed by atoms with Gasteiger partial charge < -0.3 is 4.57 Å². The third kappa shape index (κ3) is 3.46. The summed E-state index contributed by atoms with van der Waals surface area (Å²) < 4.78 is 2.79. The smallest absolute Gasteiger partial charge is 0.296 e. The number of hydrogen-bond acceptors (Lipinski definition) is 5. The minimum absolute atomic E-state index is 0.192. The molecule has 27 heavy (non-hydrogen) atoms. The number of anilines is 1. The Balaban J connectivity index is 1.77. The molecule has 6 nitrogen and oxygen atoms in total. The van der Waals surface area contributed by atoms with E-state index >= 15 is 0 Å². The van der Waals surface area contributed by atoms with E-state index < -0.39 is 0 Å². The van der Waals surface area contributed by atoms with Gasteiger partial charge in [-0.3, -0.25) is 14.7 Å². The van der Waals surface area contributed by atoms with Crippen molar-refractivity contribution in [3.63, 3.8) is 0 Å². The van der Waals surface area contributed by atoms with Crippen LogP contribution in [0.5, 0.6) is 0 Å². The minimum Gasteiger partial charge on any atom is -0.330 e. The fourth-order valence-corrected chi connectivity index (χ4v) is 3.89. The lowest BCUT2D eigenvalue weighted by atomic mass is 10.2. The molecule has 1 amide bonds. The second-order valence-corrected chi connectivity index (χ2v) is 7.24. The molecule has 0 spiro atoms. The average Bonchev–Trinajstić information content (AvgIpc) is 3.31. The third-order valence-corrected chi connectivity index (χ3v) is 5.43. The molecule has 3 heterocycles. The van der Waals surface area contributed by atoms with Crippen LogP contribution in [0.3, 0.4) is 0 Å². The maximum Gasteiger partial charge on any atom is 0.296 e. The summed E-state index contributed by atoms with van der Waals surface area (Å²) in [5.74, 6) is 0.183. The summed E-state index contributed by atoms with van der Waals surface area (Å²) >= 11 is 1.51. The molecule has 0 saturated heterocycles. The standard InChI is InChI=1S/C20H19N5OS/c1-3-14-7-8-16-17(12-14)27-20(23-16)25(13-15-6-4-5-9-21-15)19(26)18-22-10-11-24(18)2/h4-12H,3,13H2,1-2H3. The van der Waals surface area contributed by atoms with Crippen LogP contribution in [0.1, 0.15) is 28.8 Å². The van der Waals surface area contributed by atoms with Gasteiger partial charge in [-0.25, -0.2) is 9.97 Å². The van der Waals surface area contributed by atoms with Crippen molar-refractivity contribution in [2.24, 2.45) is 7.05 Å². The summed E-state index contributed by atoms with van der Waals surface area (Å²) in [7, 11) is 1.81. The van der Waals surface area contributed by atoms with Crippen LogP contribution in [0.15, 0.2) is 55.0 Å². The van der Waals surface area contributed by atoms with Gasteiger partial charge in [0, 0.05) is 25.6 Å². The van der Waals surface area contributed by atoms with Gasteiger partial charge in [-0.2, -0.15) is 0 Å². The van der Waals surface area contributed by atoms with E-state index in [1.807, 2.05) is 31.3 Å². The molecule has 3 aromatic heterocycles. The quantitative estimate of drug-likeness (QED) is 0.530. The van der Waals surface area contributed by atoms with Gasteiger partial charge in [0.05, 0.1) is 22.5 Å². The number of pyridine rings is 1. The van der Waals surface area contributed by atoms with Gasteiger partial charge in [0.25, 0.3) is 5.91 Å². The number of fused-ring (bicyclic) bond motifs is 1. The number of amides is 1. The number of aryl methyl sites for hydroxylation is 2. The maximum atomic E-state index is 13.2. The number of nitrogens with zero attached hydrogens (tertiary/aromatic N) is 5. The Morgan fingerprint density at radius 2 is 2.07 bits per heavy atom. The summed E-state index contributed by atoms with van der Waals surface area (Å²) in [6.45, 7) is 2.47. The van der Waals surface area contributed by atoms with Gasteiger partial charge in [0.1, 0.15) is 0 Å². The molecule has 136 valence electrons. The first kappa shape index (κ1) is 17.4. The molecule has 0 aliphatic carbocycles. The monoisotopic (exact) mass is 377 g/mol. The number of benzene rings is 1. The number of aromatic nitrogens is 4. The molecular weight excluding hydrogens is 358 g/mol. The molecule has 0 aliphatic rings. The minimum atomic E-state index is -0.192. The lowest BCUT2D eigenvalue weighted by Crippen LogP contribution is -2.32. The van der Waals surface area contributed by atoms with Gasteiger partial charge in [-0.1, -0.05) is 30.4 Å². The van der Waals surface area contributed by atoms with Crippen LogP contribution in [0.25, 0.3) is 10.2 Å². The Hall–Kier alpha value is -3.06. The molecule has 0 aliphatic heterocycles. The van der Waals surface area contributed by atoms with Crippen LogP contribution in [-0.2, 0) is 20.0 Å². The molecule has 7 heteroatoms. The van der Waals surface area contributed by atoms with Crippen molar-refractivity contribution in [2.75, 3.05) is 4.90 Å². The zero-order valence-corrected chi connectivity index (χ0v) is 16.0. The van der Waals surface area contributed by atoms with Crippen LogP contribution in [0.4, 0.5) is 5.13 Å². The number of thiazole rings is 1. The van der Waals surface area contributed by atoms with E-state index in [4.69, 9.17) is 4.98 Å². The van der Waals surface area contributed by atoms with Crippen molar-refractivity contribution in [3.05, 3.63) is 72.1 Å². The van der Waals surface area contributed by atoms with Crippen molar-refractivity contribution in [1.29, 1.82) is 0 Å². The fourth-order valence-electron chi connectivity index (χ4n) is 2.86. The number of imidazole rings is 1. The number of rotatable bonds is 5. The normalized spacial score (nSPS) is 11.0. The Labute approximate surface area is 161 Å². The zero-order valence-electron chi connectivity index (χ0n) is 15.2. The van der Waals surface area contributed by atoms with Gasteiger partial charge in [-0.15, -0.1) is 0 Å². The molecule has 0 radical (unpaired) electrons. The highest BCUT2D eigenvalue weighted by atomic mass is 32.1. The van der Waals surface area contributed by atoms with Crippen molar-refractivity contribution >= 4 is 32.6 Å². The number of carbonyl (C=O) groups excluding carboxylic acids is 1. The lowest BCUT2D eigenvalue weighted by Gasteiger charge is -2.19. The predicted molar refractivity (Wildman–Crippen MR) is 107 cm³/mol. The van der Waals surface area contributed by atoms with Crippen molar-refractivity contribution in [3.8, 4) is 0 Å². The van der Waals surface area contributed by atoms with Crippen molar-refractivity contribution in [1.82, 2.24) is 19.5 Å². The van der Waals surface area contributed by atoms with Crippen molar-refractivity contribution in [2.45, 2.75) is 19.9 Å². The summed E-state index contributed by atoms with van der Waals surface area (Å²) in [4.78, 5) is 28.2. The van der Waals surface area contributed by atoms with Gasteiger partial charge in [-0.05, 0) is 36.2 Å². The summed E-state index contributed by atoms with van der Waals surface area (Å²) in [6, 6.07) is 11.9. The molecule has 0 saturated carbocycles. The molecule has 0 atom stereocenters. The van der Waals surface area contributed by atoms with E-state index in [2.05, 4.69) is 29.0 Å². The Morgan fingerprint density at radius 3 is 2.78 bits per heavy atom. The van der Waals surface area contributed by atoms with Crippen molar-refractivity contribution < 1.29 is 4.79 Å². The molecular formula is C20H19N5OS. The Bertz CT molecular complexity index is 1090. The largest absolute Gasteiger partial charge is 0.330 e. The van der Waals surface area contributed by atoms with E-state index in [0.717, 1.165) is 22.3 Å². The average molecular weight is 377 g/mol. The molecule has 0 fully saturated rings. The SMILES string of the molecule is CCc1ccc2nc(N(Cc3ccccn3)C(=O)c3nccn3C)sc2c1. The Morgan fingerprint density at radius 1 is 1.19 bits per heavy atom. The maximum absolute atomic E-state index is 13.2. The highest BCUT2D eigenvalue weighted by Gasteiger charge is 2.25. The third-order valence-electron chi connectivity index (χ3n) is 4.38. The molecule has 1 aromatic carbocycles. The van der Waals surface area contributed by atoms with Crippen LogP contribution < -0.4 is 4.90 Å². The number of carbonyl (C=O) groups is 1. The molecule has 4 rings (SSSR count). The first-order valence-corrected chi connectivity index (χ1v) is 9.56. The Kier molecular flexibility index (Phi) is 4.68. The molecule has 0 unspecified atom stereocenters. The van der Waals surface area contributed by atoms with Gasteiger partial charge >= 0.3 is 0 Å².